The molecule has 4 rings (SSSR count). The van der Waals surface area contributed by atoms with Crippen molar-refractivity contribution in [2.75, 3.05) is 19.8 Å². The summed E-state index contributed by atoms with van der Waals surface area (Å²) in [4.78, 5) is 30.9. The molecule has 0 spiro atoms. The molecule has 1 saturated carbocycles. The molecule has 1 heterocycles. The SMILES string of the molecule is CCOc1cccc([C@@H]2C(C(=O)OCCOc3ccccc3)=C(C)N=C3CCCC(=O)C32)c1. The van der Waals surface area contributed by atoms with Crippen molar-refractivity contribution in [3.8, 4) is 11.5 Å². The first-order valence-electron chi connectivity index (χ1n) is 11.5. The van der Waals surface area contributed by atoms with Gasteiger partial charge in [0.2, 0.25) is 0 Å². The largest absolute Gasteiger partial charge is 0.494 e. The fourth-order valence-corrected chi connectivity index (χ4v) is 4.60. The number of aliphatic imine (C=N–C) groups is 1. The average Bonchev–Trinajstić information content (AvgIpc) is 2.82. The first-order chi connectivity index (χ1) is 16.1. The van der Waals surface area contributed by atoms with Crippen LogP contribution in [0.1, 0.15) is 44.6 Å². The van der Waals surface area contributed by atoms with Gasteiger partial charge in [-0.2, -0.15) is 0 Å². The van der Waals surface area contributed by atoms with Crippen molar-refractivity contribution in [3.05, 3.63) is 71.4 Å². The van der Waals surface area contributed by atoms with Crippen molar-refractivity contribution < 1.29 is 23.8 Å². The first-order valence-corrected chi connectivity index (χ1v) is 11.5. The molecule has 0 radical (unpaired) electrons. The maximum Gasteiger partial charge on any atom is 0.336 e. The highest BCUT2D eigenvalue weighted by Gasteiger charge is 2.43. The minimum absolute atomic E-state index is 0.103. The molecular formula is C27H29NO5. The number of ketones is 1. The monoisotopic (exact) mass is 447 g/mol. The predicted molar refractivity (Wildman–Crippen MR) is 126 cm³/mol. The number of para-hydroxylation sites is 1. The fraction of sp³-hybridized carbons (Fsp3) is 0.370. The Morgan fingerprint density at radius 3 is 2.55 bits per heavy atom. The molecule has 6 heteroatoms. The zero-order valence-corrected chi connectivity index (χ0v) is 19.1. The Balaban J connectivity index is 1.58. The van der Waals surface area contributed by atoms with Gasteiger partial charge in [-0.15, -0.1) is 0 Å². The second-order valence-corrected chi connectivity index (χ2v) is 8.18. The van der Waals surface area contributed by atoms with Crippen molar-refractivity contribution in [2.45, 2.75) is 39.0 Å². The third-order valence-corrected chi connectivity index (χ3v) is 5.98. The third-order valence-electron chi connectivity index (χ3n) is 5.98. The molecule has 0 aromatic heterocycles. The van der Waals surface area contributed by atoms with Gasteiger partial charge in [-0.25, -0.2) is 4.79 Å². The Hall–Kier alpha value is -3.41. The number of ether oxygens (including phenoxy) is 3. The summed E-state index contributed by atoms with van der Waals surface area (Å²) >= 11 is 0. The molecule has 1 aliphatic carbocycles. The summed E-state index contributed by atoms with van der Waals surface area (Å²) in [7, 11) is 0. The lowest BCUT2D eigenvalue weighted by atomic mass is 9.69. The quantitative estimate of drug-likeness (QED) is 0.426. The lowest BCUT2D eigenvalue weighted by Crippen LogP contribution is -2.39. The molecule has 0 bridgehead atoms. The van der Waals surface area contributed by atoms with E-state index in [0.717, 1.165) is 24.1 Å². The van der Waals surface area contributed by atoms with Gasteiger partial charge in [-0.1, -0.05) is 30.3 Å². The molecule has 2 aliphatic rings. The van der Waals surface area contributed by atoms with Crippen LogP contribution in [0.3, 0.4) is 0 Å². The van der Waals surface area contributed by atoms with Gasteiger partial charge >= 0.3 is 5.97 Å². The van der Waals surface area contributed by atoms with Crippen LogP contribution in [0.15, 0.2) is 70.9 Å². The van der Waals surface area contributed by atoms with Gasteiger partial charge in [0.05, 0.1) is 18.1 Å². The number of benzene rings is 2. The molecule has 1 fully saturated rings. The van der Waals surface area contributed by atoms with E-state index in [1.165, 1.54) is 0 Å². The zero-order valence-electron chi connectivity index (χ0n) is 19.1. The topological polar surface area (TPSA) is 74.2 Å². The molecule has 0 amide bonds. The summed E-state index contributed by atoms with van der Waals surface area (Å²) in [5, 5.41) is 0. The number of allylic oxidation sites excluding steroid dienone is 1. The van der Waals surface area contributed by atoms with E-state index >= 15 is 0 Å². The van der Waals surface area contributed by atoms with E-state index in [4.69, 9.17) is 14.2 Å². The van der Waals surface area contributed by atoms with Gasteiger partial charge in [-0.05, 0) is 56.5 Å². The van der Waals surface area contributed by atoms with Gasteiger partial charge < -0.3 is 14.2 Å². The van der Waals surface area contributed by atoms with Crippen LogP contribution in [0, 0.1) is 5.92 Å². The number of carbonyl (C=O) groups excluding carboxylic acids is 2. The van der Waals surface area contributed by atoms with Gasteiger partial charge in [-0.3, -0.25) is 9.79 Å². The van der Waals surface area contributed by atoms with Crippen molar-refractivity contribution in [1.29, 1.82) is 0 Å². The summed E-state index contributed by atoms with van der Waals surface area (Å²) in [6.07, 6.45) is 2.06. The number of fused-ring (bicyclic) bond motifs is 1. The van der Waals surface area contributed by atoms with E-state index in [1.807, 2.05) is 68.4 Å². The van der Waals surface area contributed by atoms with Crippen molar-refractivity contribution >= 4 is 17.5 Å². The summed E-state index contributed by atoms with van der Waals surface area (Å²) in [5.74, 6) is 0.211. The first kappa shape index (κ1) is 22.8. The van der Waals surface area contributed by atoms with Crippen LogP contribution in [0.4, 0.5) is 0 Å². The minimum atomic E-state index is -0.461. The Bertz CT molecular complexity index is 1070. The number of esters is 1. The van der Waals surface area contributed by atoms with Crippen LogP contribution in [0.5, 0.6) is 11.5 Å². The average molecular weight is 448 g/mol. The van der Waals surface area contributed by atoms with E-state index in [0.29, 0.717) is 35.8 Å². The van der Waals surface area contributed by atoms with Crippen molar-refractivity contribution in [1.82, 2.24) is 0 Å². The number of hydrogen-bond acceptors (Lipinski definition) is 6. The molecule has 0 N–H and O–H groups in total. The molecule has 6 nitrogen and oxygen atoms in total. The molecule has 0 saturated heterocycles. The van der Waals surface area contributed by atoms with Gasteiger partial charge in [0.15, 0.2) is 0 Å². The number of hydrogen-bond donors (Lipinski definition) is 0. The van der Waals surface area contributed by atoms with E-state index < -0.39 is 17.8 Å². The number of nitrogens with zero attached hydrogens (tertiary/aromatic N) is 1. The molecule has 172 valence electrons. The van der Waals surface area contributed by atoms with Gasteiger partial charge in [0.25, 0.3) is 0 Å². The van der Waals surface area contributed by atoms with Crippen LogP contribution in [-0.4, -0.2) is 37.3 Å². The second kappa shape index (κ2) is 10.5. The summed E-state index contributed by atoms with van der Waals surface area (Å²) in [6, 6.07) is 17.0. The fourth-order valence-electron chi connectivity index (χ4n) is 4.60. The van der Waals surface area contributed by atoms with E-state index in [-0.39, 0.29) is 19.0 Å². The minimum Gasteiger partial charge on any atom is -0.494 e. The maximum atomic E-state index is 13.2. The van der Waals surface area contributed by atoms with Crippen LogP contribution in [0.25, 0.3) is 0 Å². The van der Waals surface area contributed by atoms with Gasteiger partial charge in [0, 0.05) is 23.7 Å². The molecular weight excluding hydrogens is 418 g/mol. The smallest absolute Gasteiger partial charge is 0.336 e. The standard InChI is InChI=1S/C27H29NO5/c1-3-31-21-12-7-9-19(17-21)25-24(18(2)28-22-13-8-14-23(29)26(22)25)27(30)33-16-15-32-20-10-5-4-6-11-20/h4-7,9-12,17,25-26H,3,8,13-16H2,1-2H3/t25-,26?/m1/s1. The third kappa shape index (κ3) is 5.16. The van der Waals surface area contributed by atoms with Crippen LogP contribution in [0.2, 0.25) is 0 Å². The van der Waals surface area contributed by atoms with Crippen LogP contribution in [-0.2, 0) is 14.3 Å². The normalized spacial score (nSPS) is 20.1. The molecule has 2 aromatic rings. The molecule has 1 unspecified atom stereocenters. The Labute approximate surface area is 194 Å². The highest BCUT2D eigenvalue weighted by molar-refractivity contribution is 6.11. The van der Waals surface area contributed by atoms with Crippen LogP contribution >= 0.6 is 0 Å². The lowest BCUT2D eigenvalue weighted by Gasteiger charge is -2.35. The number of Topliss-reactive ketones (excluding diaryl/α,β-unsaturated/α-hetero) is 1. The van der Waals surface area contributed by atoms with Crippen molar-refractivity contribution in [2.24, 2.45) is 10.9 Å². The Morgan fingerprint density at radius 2 is 1.76 bits per heavy atom. The molecule has 2 atom stereocenters. The van der Waals surface area contributed by atoms with E-state index in [9.17, 15) is 9.59 Å². The number of carbonyl (C=O) groups is 2. The lowest BCUT2D eigenvalue weighted by molar-refractivity contribution is -0.140. The second-order valence-electron chi connectivity index (χ2n) is 8.18. The molecule has 2 aromatic carbocycles. The van der Waals surface area contributed by atoms with E-state index in [1.54, 1.807) is 0 Å². The van der Waals surface area contributed by atoms with Crippen molar-refractivity contribution in [3.63, 3.8) is 0 Å². The summed E-state index contributed by atoms with van der Waals surface area (Å²) in [6.45, 7) is 4.62. The summed E-state index contributed by atoms with van der Waals surface area (Å²) in [5.41, 5.74) is 2.77. The Morgan fingerprint density at radius 1 is 0.970 bits per heavy atom. The molecule has 1 aliphatic heterocycles. The Kier molecular flexibility index (Phi) is 7.23. The number of rotatable bonds is 8. The maximum absolute atomic E-state index is 13.2. The predicted octanol–water partition coefficient (Wildman–Crippen LogP) is 4.89. The summed E-state index contributed by atoms with van der Waals surface area (Å²) < 4.78 is 16.9. The van der Waals surface area contributed by atoms with E-state index in [2.05, 4.69) is 4.99 Å². The van der Waals surface area contributed by atoms with Gasteiger partial charge in [0.1, 0.15) is 30.5 Å². The molecule has 33 heavy (non-hydrogen) atoms. The van der Waals surface area contributed by atoms with Crippen LogP contribution < -0.4 is 9.47 Å². The highest BCUT2D eigenvalue weighted by atomic mass is 16.6. The zero-order chi connectivity index (χ0) is 23.2. The highest BCUT2D eigenvalue weighted by Crippen LogP contribution is 2.43.